The average Bonchev–Trinajstić information content (AvgIpc) is 3.29. The van der Waals surface area contributed by atoms with Crippen LogP contribution in [0.3, 0.4) is 0 Å². The average molecular weight is 1030 g/mol. The first-order valence-electron chi connectivity index (χ1n) is 27.2. The first-order chi connectivity index (χ1) is 34.3. The van der Waals surface area contributed by atoms with Gasteiger partial charge in [-0.25, -0.2) is 4.79 Å². The maximum Gasteiger partial charge on any atom is 0.329 e. The molecule has 1 rings (SSSR count). The highest BCUT2D eigenvalue weighted by Crippen LogP contribution is 2.20. The SMILES string of the molecule is CCCCCCCCCCCC(CC(=O)OCc1ccccc1)OC(=O)[C@@H](NC(=O)[C@@H](CC(C)C)NC(=O)[C@H](CC(=O)OC(C)(C)C)NC(=O)[C@H](C)NC(=O)[C@@H](CC(C)C)NC(=O)[C@@H](N)CC(C)C)[C@@H](C)CC. The highest BCUT2D eigenvalue weighted by Gasteiger charge is 2.36. The fourth-order valence-electron chi connectivity index (χ4n) is 8.04. The van der Waals surface area contributed by atoms with E-state index in [0.29, 0.717) is 19.3 Å². The van der Waals surface area contributed by atoms with Crippen molar-refractivity contribution in [3.8, 4) is 0 Å². The molecule has 416 valence electrons. The smallest absolute Gasteiger partial charge is 0.329 e. The molecule has 17 heteroatoms. The van der Waals surface area contributed by atoms with Crippen molar-refractivity contribution in [1.82, 2.24) is 26.6 Å². The molecule has 0 heterocycles. The lowest BCUT2D eigenvalue weighted by Crippen LogP contribution is -2.59. The van der Waals surface area contributed by atoms with Crippen molar-refractivity contribution in [3.05, 3.63) is 35.9 Å². The van der Waals surface area contributed by atoms with E-state index in [2.05, 4.69) is 33.5 Å². The molecule has 5 amide bonds. The molecule has 0 fully saturated rings. The summed E-state index contributed by atoms with van der Waals surface area (Å²) in [7, 11) is 0. The van der Waals surface area contributed by atoms with Crippen LogP contribution in [0.5, 0.6) is 0 Å². The molecule has 0 aliphatic rings. The molecule has 0 aliphatic carbocycles. The van der Waals surface area contributed by atoms with Gasteiger partial charge in [0.15, 0.2) is 0 Å². The van der Waals surface area contributed by atoms with Crippen LogP contribution in [0.1, 0.15) is 198 Å². The first kappa shape index (κ1) is 66.0. The van der Waals surface area contributed by atoms with Crippen LogP contribution in [0.2, 0.25) is 0 Å². The number of hydrogen-bond donors (Lipinski definition) is 6. The van der Waals surface area contributed by atoms with Gasteiger partial charge >= 0.3 is 17.9 Å². The van der Waals surface area contributed by atoms with Crippen molar-refractivity contribution in [2.24, 2.45) is 29.4 Å². The van der Waals surface area contributed by atoms with E-state index in [9.17, 15) is 38.4 Å². The van der Waals surface area contributed by atoms with Crippen molar-refractivity contribution in [2.45, 2.75) is 247 Å². The van der Waals surface area contributed by atoms with Gasteiger partial charge in [0, 0.05) is 0 Å². The van der Waals surface area contributed by atoms with Gasteiger partial charge in [-0.3, -0.25) is 33.6 Å². The molecule has 0 saturated heterocycles. The number of esters is 3. The number of ether oxygens (including phenoxy) is 3. The van der Waals surface area contributed by atoms with E-state index < -0.39 is 108 Å². The second-order valence-corrected chi connectivity index (χ2v) is 22.1. The highest BCUT2D eigenvalue weighted by atomic mass is 16.6. The van der Waals surface area contributed by atoms with E-state index in [0.717, 1.165) is 37.7 Å². The summed E-state index contributed by atoms with van der Waals surface area (Å²) in [6, 6.07) is 2.20. The van der Waals surface area contributed by atoms with Gasteiger partial charge in [-0.05, 0) is 89.0 Å². The van der Waals surface area contributed by atoms with Gasteiger partial charge in [0.05, 0.1) is 18.9 Å². The van der Waals surface area contributed by atoms with E-state index in [1.54, 1.807) is 27.7 Å². The molecular formula is C56H96N6O11. The van der Waals surface area contributed by atoms with Crippen LogP contribution in [0, 0.1) is 23.7 Å². The van der Waals surface area contributed by atoms with Crippen LogP contribution in [0.4, 0.5) is 0 Å². The topological polar surface area (TPSA) is 250 Å². The molecular weight excluding hydrogens is 933 g/mol. The van der Waals surface area contributed by atoms with Gasteiger partial charge in [-0.1, -0.05) is 150 Å². The Morgan fingerprint density at radius 2 is 1.05 bits per heavy atom. The minimum absolute atomic E-state index is 0.0158. The highest BCUT2D eigenvalue weighted by molar-refractivity contribution is 5.97. The Labute approximate surface area is 437 Å². The maximum atomic E-state index is 14.3. The lowest BCUT2D eigenvalue weighted by Gasteiger charge is -2.29. The van der Waals surface area contributed by atoms with Crippen LogP contribution in [-0.2, 0) is 59.2 Å². The van der Waals surface area contributed by atoms with E-state index in [-0.39, 0.29) is 43.6 Å². The minimum Gasteiger partial charge on any atom is -0.461 e. The fourth-order valence-corrected chi connectivity index (χ4v) is 8.04. The van der Waals surface area contributed by atoms with Gasteiger partial charge in [0.2, 0.25) is 29.5 Å². The van der Waals surface area contributed by atoms with Gasteiger partial charge in [0.1, 0.15) is 48.5 Å². The number of carbonyl (C=O) groups excluding carboxylic acids is 8. The summed E-state index contributed by atoms with van der Waals surface area (Å²) in [6.07, 6.45) is 9.81. The van der Waals surface area contributed by atoms with Crippen molar-refractivity contribution < 1.29 is 52.6 Å². The molecule has 0 bridgehead atoms. The third-order valence-electron chi connectivity index (χ3n) is 12.2. The Morgan fingerprint density at radius 3 is 1.58 bits per heavy atom. The number of amides is 5. The normalized spacial score (nSPS) is 14.9. The number of nitrogens with one attached hydrogen (secondary N) is 5. The molecule has 0 spiro atoms. The number of carbonyl (C=O) groups is 8. The van der Waals surface area contributed by atoms with Gasteiger partial charge in [-0.2, -0.15) is 0 Å². The fraction of sp³-hybridized carbons (Fsp3) is 0.750. The molecule has 0 radical (unpaired) electrons. The summed E-state index contributed by atoms with van der Waals surface area (Å²) in [5.41, 5.74) is 5.97. The van der Waals surface area contributed by atoms with Crippen molar-refractivity contribution in [2.75, 3.05) is 0 Å². The molecule has 1 aromatic carbocycles. The molecule has 1 aromatic rings. The predicted molar refractivity (Wildman–Crippen MR) is 284 cm³/mol. The van der Waals surface area contributed by atoms with Crippen LogP contribution in [0.15, 0.2) is 30.3 Å². The molecule has 1 unspecified atom stereocenters. The Kier molecular flexibility index (Phi) is 31.8. The molecule has 17 nitrogen and oxygen atoms in total. The van der Waals surface area contributed by atoms with Crippen LogP contribution in [-0.4, -0.2) is 95.4 Å². The summed E-state index contributed by atoms with van der Waals surface area (Å²) < 4.78 is 17.1. The number of unbranched alkanes of at least 4 members (excludes halogenated alkanes) is 8. The second kappa shape index (κ2) is 35.2. The largest absolute Gasteiger partial charge is 0.461 e. The third kappa shape index (κ3) is 29.4. The Morgan fingerprint density at radius 1 is 0.562 bits per heavy atom. The number of hydrogen-bond acceptors (Lipinski definition) is 12. The lowest BCUT2D eigenvalue weighted by molar-refractivity contribution is -0.160. The van der Waals surface area contributed by atoms with Gasteiger partial charge < -0.3 is 46.5 Å². The first-order valence-corrected chi connectivity index (χ1v) is 27.2. The molecule has 7 N–H and O–H groups in total. The van der Waals surface area contributed by atoms with Gasteiger partial charge in [0.25, 0.3) is 0 Å². The molecule has 0 aromatic heterocycles. The predicted octanol–water partition coefficient (Wildman–Crippen LogP) is 7.64. The monoisotopic (exact) mass is 1030 g/mol. The zero-order chi connectivity index (χ0) is 55.3. The Balaban J connectivity index is 3.36. The van der Waals surface area contributed by atoms with Gasteiger partial charge in [-0.15, -0.1) is 0 Å². The number of benzene rings is 1. The standard InChI is InChI=1S/C56H96N6O11/c1-14-16-17-18-19-20-21-22-26-29-42(33-47(63)71-35-41-27-24-23-25-28-41)72-55(70)49(39(9)15-2)62-54(69)45(32-38(7)8)61-53(68)46(34-48(64)73-56(11,12)13)59-50(65)40(10)58-52(67)44(31-37(5)6)60-51(66)43(57)30-36(3)4/h23-25,27-28,36-40,42-46,49H,14-22,26,29-35,57H2,1-13H3,(H,58,67)(H,59,65)(H,60,66)(H,61,68)(H,62,69)/t39-,40-,42?,43-,44+,45+,46-,49-/m0/s1. The maximum absolute atomic E-state index is 14.3. The molecule has 8 atom stereocenters. The molecule has 0 aliphatic heterocycles. The van der Waals surface area contributed by atoms with Crippen molar-refractivity contribution >= 4 is 47.4 Å². The minimum atomic E-state index is -1.57. The number of rotatable bonds is 36. The summed E-state index contributed by atoms with van der Waals surface area (Å²) in [6.45, 7) is 23.6. The quantitative estimate of drug-likeness (QED) is 0.0216. The summed E-state index contributed by atoms with van der Waals surface area (Å²) in [4.78, 5) is 109. The van der Waals surface area contributed by atoms with Crippen molar-refractivity contribution in [1.29, 1.82) is 0 Å². The second-order valence-electron chi connectivity index (χ2n) is 22.1. The molecule has 73 heavy (non-hydrogen) atoms. The zero-order valence-corrected chi connectivity index (χ0v) is 46.8. The van der Waals surface area contributed by atoms with E-state index in [1.165, 1.54) is 32.6 Å². The van der Waals surface area contributed by atoms with Crippen LogP contribution < -0.4 is 32.3 Å². The number of nitrogens with two attached hydrogens (primary N) is 1. The van der Waals surface area contributed by atoms with E-state index >= 15 is 0 Å². The zero-order valence-electron chi connectivity index (χ0n) is 46.8. The summed E-state index contributed by atoms with van der Waals surface area (Å²) in [5.74, 6) is -6.07. The molecule has 0 saturated carbocycles. The van der Waals surface area contributed by atoms with Crippen molar-refractivity contribution in [3.63, 3.8) is 0 Å². The third-order valence-corrected chi connectivity index (χ3v) is 12.2. The van der Waals surface area contributed by atoms with E-state index in [1.807, 2.05) is 78.8 Å². The van der Waals surface area contributed by atoms with E-state index in [4.69, 9.17) is 19.9 Å². The van der Waals surface area contributed by atoms with Crippen LogP contribution in [0.25, 0.3) is 0 Å². The lowest BCUT2D eigenvalue weighted by atomic mass is 9.97. The Bertz CT molecular complexity index is 1840. The van der Waals surface area contributed by atoms with Crippen LogP contribution >= 0.6 is 0 Å². The Hall–Kier alpha value is -5.06. The summed E-state index contributed by atoms with van der Waals surface area (Å²) >= 11 is 0. The summed E-state index contributed by atoms with van der Waals surface area (Å²) in [5, 5.41) is 13.4.